The van der Waals surface area contributed by atoms with E-state index in [1.54, 1.807) is 7.11 Å². The van der Waals surface area contributed by atoms with E-state index in [0.717, 1.165) is 17.9 Å². The van der Waals surface area contributed by atoms with Gasteiger partial charge < -0.3 is 15.8 Å². The van der Waals surface area contributed by atoms with Crippen LogP contribution in [-0.4, -0.2) is 19.7 Å². The Hall–Kier alpha value is -1.22. The predicted octanol–water partition coefficient (Wildman–Crippen LogP) is 3.79. The van der Waals surface area contributed by atoms with E-state index in [4.69, 9.17) is 10.5 Å². The Balaban J connectivity index is 2.30. The Kier molecular flexibility index (Phi) is 8.07. The van der Waals surface area contributed by atoms with Crippen LogP contribution in [0.25, 0.3) is 0 Å². The molecule has 0 aliphatic carbocycles. The van der Waals surface area contributed by atoms with Gasteiger partial charge in [0.15, 0.2) is 0 Å². The molecule has 0 spiro atoms. The monoisotopic (exact) mass is 264 g/mol. The number of methoxy groups -OCH3 is 1. The van der Waals surface area contributed by atoms with Gasteiger partial charge in [0.25, 0.3) is 0 Å². The van der Waals surface area contributed by atoms with Crippen LogP contribution in [0, 0.1) is 0 Å². The van der Waals surface area contributed by atoms with Crippen LogP contribution in [0.1, 0.15) is 45.4 Å². The minimum absolute atomic E-state index is 0.370. The molecule has 0 aliphatic heterocycles. The summed E-state index contributed by atoms with van der Waals surface area (Å²) in [6, 6.07) is 8.39. The number of rotatable bonds is 10. The van der Waals surface area contributed by atoms with Gasteiger partial charge in [-0.2, -0.15) is 0 Å². The second-order valence-electron chi connectivity index (χ2n) is 5.01. The normalized spacial score (nSPS) is 12.2. The molecule has 1 aromatic rings. The lowest BCUT2D eigenvalue weighted by Gasteiger charge is -2.18. The van der Waals surface area contributed by atoms with Gasteiger partial charge in [0.1, 0.15) is 5.75 Å². The molecule has 0 saturated carbocycles. The topological polar surface area (TPSA) is 47.3 Å². The van der Waals surface area contributed by atoms with E-state index < -0.39 is 0 Å². The summed E-state index contributed by atoms with van der Waals surface area (Å²) in [6.45, 7) is 2.92. The van der Waals surface area contributed by atoms with E-state index in [9.17, 15) is 0 Å². The van der Waals surface area contributed by atoms with E-state index in [1.165, 1.54) is 32.1 Å². The highest BCUT2D eigenvalue weighted by atomic mass is 16.5. The number of nitrogens with two attached hydrogens (primary N) is 1. The molecule has 0 radical (unpaired) electrons. The van der Waals surface area contributed by atoms with Crippen molar-refractivity contribution in [1.82, 2.24) is 0 Å². The number of ether oxygens (including phenoxy) is 1. The first-order valence-electron chi connectivity index (χ1n) is 7.40. The number of nitrogens with one attached hydrogen (secondary N) is 1. The van der Waals surface area contributed by atoms with Gasteiger partial charge in [-0.05, 0) is 30.7 Å². The van der Waals surface area contributed by atoms with Crippen LogP contribution in [0.4, 0.5) is 5.69 Å². The summed E-state index contributed by atoms with van der Waals surface area (Å²) in [7, 11) is 1.68. The summed E-state index contributed by atoms with van der Waals surface area (Å²) in [5, 5.41) is 3.49. The third-order valence-electron chi connectivity index (χ3n) is 3.40. The molecular weight excluding hydrogens is 236 g/mol. The van der Waals surface area contributed by atoms with Gasteiger partial charge in [-0.3, -0.25) is 0 Å². The zero-order valence-electron chi connectivity index (χ0n) is 12.3. The first-order chi connectivity index (χ1) is 9.30. The smallest absolute Gasteiger partial charge is 0.119 e. The largest absolute Gasteiger partial charge is 0.497 e. The highest BCUT2D eigenvalue weighted by Crippen LogP contribution is 2.17. The van der Waals surface area contributed by atoms with E-state index in [0.29, 0.717) is 12.6 Å². The van der Waals surface area contributed by atoms with Crippen LogP contribution in [0.5, 0.6) is 5.75 Å². The summed E-state index contributed by atoms with van der Waals surface area (Å²) in [5.74, 6) is 0.884. The fourth-order valence-corrected chi connectivity index (χ4v) is 2.17. The molecule has 1 atom stereocenters. The molecule has 3 nitrogen and oxygen atoms in total. The maximum absolute atomic E-state index is 5.83. The third kappa shape index (κ3) is 6.48. The molecule has 19 heavy (non-hydrogen) atoms. The molecule has 0 aliphatic rings. The summed E-state index contributed by atoms with van der Waals surface area (Å²) >= 11 is 0. The molecule has 3 N–H and O–H groups in total. The molecule has 1 unspecified atom stereocenters. The molecule has 1 aromatic carbocycles. The predicted molar refractivity (Wildman–Crippen MR) is 82.8 cm³/mol. The molecule has 0 bridgehead atoms. The standard InChI is InChI=1S/C16H28N2O/c1-3-4-5-6-7-8-15(13-17)18-14-9-11-16(19-2)12-10-14/h9-12,15,18H,3-8,13,17H2,1-2H3. The lowest BCUT2D eigenvalue weighted by atomic mass is 10.1. The van der Waals surface area contributed by atoms with Gasteiger partial charge in [0.05, 0.1) is 7.11 Å². The molecule has 108 valence electrons. The Morgan fingerprint density at radius 2 is 1.79 bits per heavy atom. The van der Waals surface area contributed by atoms with Gasteiger partial charge in [-0.15, -0.1) is 0 Å². The number of anilines is 1. The molecule has 0 amide bonds. The summed E-state index contributed by atoms with van der Waals surface area (Å²) in [4.78, 5) is 0. The number of hydrogen-bond acceptors (Lipinski definition) is 3. The maximum atomic E-state index is 5.83. The highest BCUT2D eigenvalue weighted by molar-refractivity contribution is 5.47. The Morgan fingerprint density at radius 1 is 1.11 bits per heavy atom. The van der Waals surface area contributed by atoms with Gasteiger partial charge in [-0.25, -0.2) is 0 Å². The summed E-state index contributed by atoms with van der Waals surface area (Å²) in [6.07, 6.45) is 7.70. The number of benzene rings is 1. The van der Waals surface area contributed by atoms with Gasteiger partial charge in [-0.1, -0.05) is 39.0 Å². The average molecular weight is 264 g/mol. The van der Waals surface area contributed by atoms with Crippen molar-refractivity contribution < 1.29 is 4.74 Å². The van der Waals surface area contributed by atoms with Crippen molar-refractivity contribution in [2.45, 2.75) is 51.5 Å². The van der Waals surface area contributed by atoms with Crippen LogP contribution in [0.15, 0.2) is 24.3 Å². The first-order valence-corrected chi connectivity index (χ1v) is 7.40. The van der Waals surface area contributed by atoms with E-state index in [-0.39, 0.29) is 0 Å². The van der Waals surface area contributed by atoms with Crippen LogP contribution < -0.4 is 15.8 Å². The number of unbranched alkanes of at least 4 members (excludes halogenated alkanes) is 4. The minimum atomic E-state index is 0.370. The molecule has 0 aromatic heterocycles. The van der Waals surface area contributed by atoms with Crippen molar-refractivity contribution in [3.63, 3.8) is 0 Å². The van der Waals surface area contributed by atoms with Crippen molar-refractivity contribution >= 4 is 5.69 Å². The van der Waals surface area contributed by atoms with Gasteiger partial charge in [0, 0.05) is 18.3 Å². The summed E-state index contributed by atoms with van der Waals surface area (Å²) in [5.41, 5.74) is 6.95. The van der Waals surface area contributed by atoms with Crippen molar-refractivity contribution in [3.8, 4) is 5.75 Å². The lowest BCUT2D eigenvalue weighted by molar-refractivity contribution is 0.415. The molecule has 0 saturated heterocycles. The highest BCUT2D eigenvalue weighted by Gasteiger charge is 2.06. The van der Waals surface area contributed by atoms with Crippen molar-refractivity contribution in [2.24, 2.45) is 5.73 Å². The van der Waals surface area contributed by atoms with E-state index >= 15 is 0 Å². The van der Waals surface area contributed by atoms with Crippen molar-refractivity contribution in [3.05, 3.63) is 24.3 Å². The third-order valence-corrected chi connectivity index (χ3v) is 3.40. The Labute approximate surface area is 117 Å². The van der Waals surface area contributed by atoms with Crippen LogP contribution in [-0.2, 0) is 0 Å². The van der Waals surface area contributed by atoms with Crippen LogP contribution in [0.2, 0.25) is 0 Å². The zero-order chi connectivity index (χ0) is 13.9. The van der Waals surface area contributed by atoms with E-state index in [1.807, 2.05) is 24.3 Å². The van der Waals surface area contributed by atoms with Gasteiger partial charge in [0.2, 0.25) is 0 Å². The Morgan fingerprint density at radius 3 is 2.37 bits per heavy atom. The molecule has 0 fully saturated rings. The Bertz CT molecular complexity index is 324. The van der Waals surface area contributed by atoms with Gasteiger partial charge >= 0.3 is 0 Å². The van der Waals surface area contributed by atoms with Crippen LogP contribution >= 0.6 is 0 Å². The quantitative estimate of drug-likeness (QED) is 0.632. The zero-order valence-corrected chi connectivity index (χ0v) is 12.3. The number of hydrogen-bond donors (Lipinski definition) is 2. The molecule has 1 rings (SSSR count). The summed E-state index contributed by atoms with van der Waals surface area (Å²) < 4.78 is 5.15. The second kappa shape index (κ2) is 9.68. The maximum Gasteiger partial charge on any atom is 0.119 e. The molecular formula is C16H28N2O. The van der Waals surface area contributed by atoms with Crippen LogP contribution in [0.3, 0.4) is 0 Å². The second-order valence-corrected chi connectivity index (χ2v) is 5.01. The van der Waals surface area contributed by atoms with E-state index in [2.05, 4.69) is 12.2 Å². The van der Waals surface area contributed by atoms with Crippen molar-refractivity contribution in [2.75, 3.05) is 19.0 Å². The minimum Gasteiger partial charge on any atom is -0.497 e. The fraction of sp³-hybridized carbons (Fsp3) is 0.625. The fourth-order valence-electron chi connectivity index (χ4n) is 2.17. The average Bonchev–Trinajstić information content (AvgIpc) is 2.46. The molecule has 0 heterocycles. The molecule has 3 heteroatoms. The SMILES string of the molecule is CCCCCCCC(CN)Nc1ccc(OC)cc1. The first kappa shape index (κ1) is 15.8. The lowest BCUT2D eigenvalue weighted by Crippen LogP contribution is -2.28. The van der Waals surface area contributed by atoms with Crippen molar-refractivity contribution in [1.29, 1.82) is 0 Å².